The predicted octanol–water partition coefficient (Wildman–Crippen LogP) is 3.75. The number of amides is 2. The van der Waals surface area contributed by atoms with Crippen LogP contribution in [0.25, 0.3) is 0 Å². The molecule has 0 radical (unpaired) electrons. The molecule has 0 aliphatic carbocycles. The minimum Gasteiger partial charge on any atom is -0.326 e. The first-order valence-corrected chi connectivity index (χ1v) is 9.72. The van der Waals surface area contributed by atoms with Crippen LogP contribution in [0.2, 0.25) is 0 Å². The van der Waals surface area contributed by atoms with E-state index < -0.39 is 0 Å². The first kappa shape index (κ1) is 18.2. The van der Waals surface area contributed by atoms with Gasteiger partial charge in [-0.15, -0.1) is 11.8 Å². The average Bonchev–Trinajstić information content (AvgIpc) is 2.79. The third-order valence-electron chi connectivity index (χ3n) is 3.35. The van der Waals surface area contributed by atoms with Gasteiger partial charge in [0.1, 0.15) is 5.37 Å². The number of nitrogens with zero attached hydrogens (tertiary/aromatic N) is 1. The van der Waals surface area contributed by atoms with Crippen molar-refractivity contribution in [3.63, 3.8) is 0 Å². The zero-order valence-electron chi connectivity index (χ0n) is 14.1. The van der Waals surface area contributed by atoms with Gasteiger partial charge < -0.3 is 10.2 Å². The van der Waals surface area contributed by atoms with E-state index in [4.69, 9.17) is 0 Å². The summed E-state index contributed by atoms with van der Waals surface area (Å²) in [5.41, 5.74) is 1.89. The average molecular weight is 353 g/mol. The van der Waals surface area contributed by atoms with Crippen LogP contribution in [0.3, 0.4) is 0 Å². The number of rotatable bonds is 5. The lowest BCUT2D eigenvalue weighted by atomic mass is 10.2. The molecule has 0 aromatic heterocycles. The fraction of sp³-hybridized carbons (Fsp3) is 0.529. The molecule has 4 nitrogen and oxygen atoms in total. The minimum absolute atomic E-state index is 0.0782. The Morgan fingerprint density at radius 2 is 2.00 bits per heavy atom. The Hall–Kier alpha value is -1.14. The van der Waals surface area contributed by atoms with Crippen molar-refractivity contribution >= 4 is 41.0 Å². The van der Waals surface area contributed by atoms with Gasteiger partial charge in [0, 0.05) is 29.7 Å². The van der Waals surface area contributed by atoms with Gasteiger partial charge in [-0.25, -0.2) is 0 Å². The van der Waals surface area contributed by atoms with E-state index in [1.165, 1.54) is 6.92 Å². The summed E-state index contributed by atoms with van der Waals surface area (Å²) >= 11 is 3.55. The molecule has 1 aliphatic rings. The van der Waals surface area contributed by atoms with Crippen LogP contribution >= 0.6 is 23.5 Å². The number of hydrogen-bond acceptors (Lipinski definition) is 4. The van der Waals surface area contributed by atoms with Gasteiger partial charge in [0.2, 0.25) is 11.8 Å². The highest BCUT2D eigenvalue weighted by atomic mass is 32.2. The summed E-state index contributed by atoms with van der Waals surface area (Å²) in [5.74, 6) is 1.61. The molecule has 1 aliphatic heterocycles. The largest absolute Gasteiger partial charge is 0.326 e. The van der Waals surface area contributed by atoms with Crippen LogP contribution in [0.1, 0.15) is 38.6 Å². The van der Waals surface area contributed by atoms with Crippen molar-refractivity contribution in [3.05, 3.63) is 29.8 Å². The Kier molecular flexibility index (Phi) is 6.03. The molecule has 2 amide bonds. The van der Waals surface area contributed by atoms with Gasteiger partial charge in [-0.05, 0) is 17.7 Å². The van der Waals surface area contributed by atoms with Crippen molar-refractivity contribution in [1.82, 2.24) is 4.90 Å². The lowest BCUT2D eigenvalue weighted by molar-refractivity contribution is -0.127. The molecular formula is C17H24N2O2S2. The SMILES string of the molecule is CC(=O)Nc1ccc(C2SCC(=O)N2CCSC(C)(C)C)cc1. The summed E-state index contributed by atoms with van der Waals surface area (Å²) < 4.78 is 0.214. The zero-order chi connectivity index (χ0) is 17.0. The fourth-order valence-electron chi connectivity index (χ4n) is 2.36. The molecule has 0 bridgehead atoms. The maximum atomic E-state index is 12.2. The first-order chi connectivity index (χ1) is 10.8. The van der Waals surface area contributed by atoms with Crippen LogP contribution in [-0.4, -0.2) is 39.5 Å². The number of anilines is 1. The molecule has 0 saturated carbocycles. The predicted molar refractivity (Wildman–Crippen MR) is 99.9 cm³/mol. The molecule has 1 unspecified atom stereocenters. The molecule has 1 saturated heterocycles. The highest BCUT2D eigenvalue weighted by Crippen LogP contribution is 2.39. The van der Waals surface area contributed by atoms with Gasteiger partial charge in [0.15, 0.2) is 0 Å². The van der Waals surface area contributed by atoms with Crippen LogP contribution in [0, 0.1) is 0 Å². The van der Waals surface area contributed by atoms with Gasteiger partial charge >= 0.3 is 0 Å². The second-order valence-electron chi connectivity index (χ2n) is 6.51. The molecule has 23 heavy (non-hydrogen) atoms. The molecule has 1 fully saturated rings. The third kappa shape index (κ3) is 5.46. The van der Waals surface area contributed by atoms with Crippen molar-refractivity contribution < 1.29 is 9.59 Å². The monoisotopic (exact) mass is 352 g/mol. The van der Waals surface area contributed by atoms with Crippen molar-refractivity contribution in [2.75, 3.05) is 23.4 Å². The van der Waals surface area contributed by atoms with Gasteiger partial charge in [-0.3, -0.25) is 9.59 Å². The molecule has 2 rings (SSSR count). The number of carbonyl (C=O) groups excluding carboxylic acids is 2. The molecule has 1 aromatic carbocycles. The van der Waals surface area contributed by atoms with E-state index in [0.717, 1.165) is 23.5 Å². The van der Waals surface area contributed by atoms with Gasteiger partial charge in [0.05, 0.1) is 5.75 Å². The summed E-state index contributed by atoms with van der Waals surface area (Å²) in [6, 6.07) is 7.77. The van der Waals surface area contributed by atoms with Crippen molar-refractivity contribution in [1.29, 1.82) is 0 Å². The van der Waals surface area contributed by atoms with Crippen LogP contribution in [0.5, 0.6) is 0 Å². The molecule has 126 valence electrons. The number of benzene rings is 1. The lowest BCUT2D eigenvalue weighted by Crippen LogP contribution is -2.31. The van der Waals surface area contributed by atoms with E-state index in [-0.39, 0.29) is 21.9 Å². The van der Waals surface area contributed by atoms with E-state index in [1.807, 2.05) is 40.9 Å². The van der Waals surface area contributed by atoms with Crippen molar-refractivity contribution in [2.45, 2.75) is 37.8 Å². The number of hydrogen-bond donors (Lipinski definition) is 1. The quantitative estimate of drug-likeness (QED) is 0.877. The van der Waals surface area contributed by atoms with Gasteiger partial charge in [0.25, 0.3) is 0 Å². The summed E-state index contributed by atoms with van der Waals surface area (Å²) in [5, 5.41) is 2.84. The Morgan fingerprint density at radius 3 is 2.57 bits per heavy atom. The number of carbonyl (C=O) groups is 2. The maximum Gasteiger partial charge on any atom is 0.233 e. The number of nitrogens with one attached hydrogen (secondary N) is 1. The van der Waals surface area contributed by atoms with Crippen molar-refractivity contribution in [2.24, 2.45) is 0 Å². The Morgan fingerprint density at radius 1 is 1.35 bits per heavy atom. The van der Waals surface area contributed by atoms with Crippen LogP contribution in [0.15, 0.2) is 24.3 Å². The second kappa shape index (κ2) is 7.62. The molecule has 1 heterocycles. The molecule has 1 aromatic rings. The summed E-state index contributed by atoms with van der Waals surface area (Å²) in [7, 11) is 0. The Bertz CT molecular complexity index is 567. The maximum absolute atomic E-state index is 12.2. The van der Waals surface area contributed by atoms with Crippen LogP contribution in [-0.2, 0) is 9.59 Å². The highest BCUT2D eigenvalue weighted by molar-refractivity contribution is 8.01. The summed E-state index contributed by atoms with van der Waals surface area (Å²) in [6.07, 6.45) is 0. The molecule has 6 heteroatoms. The molecular weight excluding hydrogens is 328 g/mol. The lowest BCUT2D eigenvalue weighted by Gasteiger charge is -2.26. The number of thioether (sulfide) groups is 2. The fourth-order valence-corrected chi connectivity index (χ4v) is 4.48. The Labute approximate surface area is 146 Å². The highest BCUT2D eigenvalue weighted by Gasteiger charge is 2.32. The summed E-state index contributed by atoms with van der Waals surface area (Å²) in [4.78, 5) is 25.2. The molecule has 1 atom stereocenters. The van der Waals surface area contributed by atoms with Crippen LogP contribution < -0.4 is 5.32 Å². The zero-order valence-corrected chi connectivity index (χ0v) is 15.7. The molecule has 1 N–H and O–H groups in total. The van der Waals surface area contributed by atoms with E-state index in [0.29, 0.717) is 5.75 Å². The minimum atomic E-state index is -0.0796. The third-order valence-corrected chi connectivity index (χ3v) is 5.86. The first-order valence-electron chi connectivity index (χ1n) is 7.69. The Balaban J connectivity index is 2.02. The van der Waals surface area contributed by atoms with Gasteiger partial charge in [-0.2, -0.15) is 11.8 Å². The van der Waals surface area contributed by atoms with Crippen LogP contribution in [0.4, 0.5) is 5.69 Å². The topological polar surface area (TPSA) is 49.4 Å². The summed E-state index contributed by atoms with van der Waals surface area (Å²) in [6.45, 7) is 8.84. The smallest absolute Gasteiger partial charge is 0.233 e. The van der Waals surface area contributed by atoms with E-state index >= 15 is 0 Å². The van der Waals surface area contributed by atoms with E-state index in [1.54, 1.807) is 11.8 Å². The molecule has 0 spiro atoms. The van der Waals surface area contributed by atoms with E-state index in [2.05, 4.69) is 26.1 Å². The van der Waals surface area contributed by atoms with E-state index in [9.17, 15) is 9.59 Å². The van der Waals surface area contributed by atoms with Crippen molar-refractivity contribution in [3.8, 4) is 0 Å². The standard InChI is InChI=1S/C17H24N2O2S2/c1-12(20)18-14-7-5-13(6-8-14)16-19(15(21)11-22-16)9-10-23-17(2,3)4/h5-8,16H,9-11H2,1-4H3,(H,18,20). The second-order valence-corrected chi connectivity index (χ2v) is 9.50. The normalized spacial score (nSPS) is 18.3. The van der Waals surface area contributed by atoms with Gasteiger partial charge in [-0.1, -0.05) is 32.9 Å².